The Kier molecular flexibility index (Phi) is 14.1. The van der Waals surface area contributed by atoms with Crippen LogP contribution >= 0.6 is 0 Å². The number of aliphatic hydroxyl groups is 2. The molecular weight excluding hydrogens is 693 g/mol. The van der Waals surface area contributed by atoms with Crippen LogP contribution in [0.25, 0.3) is 22.8 Å². The average Bonchev–Trinajstić information content (AvgIpc) is 3.83. The summed E-state index contributed by atoms with van der Waals surface area (Å²) in [6.07, 6.45) is 2.66. The summed E-state index contributed by atoms with van der Waals surface area (Å²) >= 11 is 0. The van der Waals surface area contributed by atoms with Gasteiger partial charge in [-0.15, -0.1) is 0 Å². The molecule has 1 aliphatic carbocycles. The van der Waals surface area contributed by atoms with Gasteiger partial charge < -0.3 is 30.0 Å². The van der Waals surface area contributed by atoms with E-state index in [0.29, 0.717) is 31.0 Å². The monoisotopic (exact) mass is 754 g/mol. The van der Waals surface area contributed by atoms with Crippen molar-refractivity contribution in [1.82, 2.24) is 39.5 Å². The number of fused-ring (bicyclic) bond motifs is 2. The van der Waals surface area contributed by atoms with Gasteiger partial charge in [-0.05, 0) is 25.8 Å². The number of aliphatic hydroxyl groups excluding tert-OH is 2. The van der Waals surface area contributed by atoms with E-state index in [-0.39, 0.29) is 35.9 Å². The number of hydrogen-bond acceptors (Lipinski definition) is 8. The van der Waals surface area contributed by atoms with E-state index in [1.165, 1.54) is 12.8 Å². The first-order valence-electron chi connectivity index (χ1n) is 19.9. The van der Waals surface area contributed by atoms with Crippen molar-refractivity contribution in [2.24, 2.45) is 16.7 Å². The molecule has 3 aliphatic rings. The maximum absolute atomic E-state index is 13.0. The van der Waals surface area contributed by atoms with Crippen LogP contribution < -0.4 is 10.6 Å². The molecule has 12 nitrogen and oxygen atoms in total. The molecule has 12 heteroatoms. The van der Waals surface area contributed by atoms with Crippen molar-refractivity contribution >= 4 is 11.8 Å². The molecular formula is C43H62N8O4. The normalized spacial score (nSPS) is 15.8. The number of aromatic nitrogens is 4. The topological polar surface area (TPSA) is 141 Å². The van der Waals surface area contributed by atoms with E-state index in [2.05, 4.69) is 41.6 Å². The van der Waals surface area contributed by atoms with Crippen LogP contribution in [0.1, 0.15) is 86.7 Å². The van der Waals surface area contributed by atoms with Crippen LogP contribution in [0.5, 0.6) is 0 Å². The van der Waals surface area contributed by atoms with E-state index in [4.69, 9.17) is 4.98 Å². The predicted molar refractivity (Wildman–Crippen MR) is 217 cm³/mol. The second-order valence-electron chi connectivity index (χ2n) is 16.4. The van der Waals surface area contributed by atoms with Crippen LogP contribution in [0.3, 0.4) is 0 Å². The summed E-state index contributed by atoms with van der Waals surface area (Å²) in [5, 5.41) is 24.8. The van der Waals surface area contributed by atoms with Gasteiger partial charge in [-0.1, -0.05) is 102 Å². The molecule has 0 atom stereocenters. The van der Waals surface area contributed by atoms with E-state index in [9.17, 15) is 19.8 Å². The lowest BCUT2D eigenvalue weighted by Gasteiger charge is -2.29. The predicted octanol–water partition coefficient (Wildman–Crippen LogP) is 5.29. The number of carbonyl (C=O) groups is 2. The standard InChI is InChI=1S/C22H30N4O2.C19H26N4O2.C2H6/c1-22(2,15-27)14-23-21(28)19-18-13-25(12-16-8-9-16)10-11-26(18)20(24-19)17-6-4-3-5-7-17;1-19(2,13-24)12-20-18(25)16-15-11-22(3)9-10-23(15)17(21-16)14-7-5-4-6-8-14;1-2/h3-7,16,27H,8-15H2,1-2H3,(H,23,28);4-8,24H,9-13H2,1-3H3,(H,20,25);1-2H3. The number of nitrogens with zero attached hydrogens (tertiary/aromatic N) is 6. The van der Waals surface area contributed by atoms with Gasteiger partial charge in [0.15, 0.2) is 11.4 Å². The van der Waals surface area contributed by atoms with E-state index in [1.807, 2.05) is 102 Å². The summed E-state index contributed by atoms with van der Waals surface area (Å²) in [4.78, 5) is 39.8. The van der Waals surface area contributed by atoms with Gasteiger partial charge in [-0.3, -0.25) is 19.4 Å². The SMILES string of the molecule is CC.CC(C)(CO)CNC(=O)c1nc(-c2ccccc2)n2c1CN(CC1CC1)CC2.CN1CCn2c(-c3ccccc3)nc(C(=O)NCC(C)(C)CO)c2C1. The molecule has 55 heavy (non-hydrogen) atoms. The maximum atomic E-state index is 13.0. The van der Waals surface area contributed by atoms with Gasteiger partial charge in [-0.25, -0.2) is 9.97 Å². The molecule has 2 amide bonds. The number of likely N-dealkylation sites (N-methyl/N-ethyl adjacent to an activating group) is 1. The summed E-state index contributed by atoms with van der Waals surface area (Å²) in [7, 11) is 2.05. The minimum Gasteiger partial charge on any atom is -0.396 e. The summed E-state index contributed by atoms with van der Waals surface area (Å²) < 4.78 is 4.37. The Morgan fingerprint density at radius 1 is 0.691 bits per heavy atom. The van der Waals surface area contributed by atoms with Crippen LogP contribution in [0.15, 0.2) is 60.7 Å². The highest BCUT2D eigenvalue weighted by Gasteiger charge is 2.32. The van der Waals surface area contributed by atoms with Crippen molar-refractivity contribution in [1.29, 1.82) is 0 Å². The first-order chi connectivity index (χ1) is 26.4. The second kappa shape index (κ2) is 18.5. The Bertz CT molecular complexity index is 1860. The minimum absolute atomic E-state index is 0.0204. The highest BCUT2D eigenvalue weighted by Crippen LogP contribution is 2.33. The van der Waals surface area contributed by atoms with Crippen molar-refractivity contribution in [3.8, 4) is 22.8 Å². The molecule has 2 aromatic heterocycles. The molecule has 0 spiro atoms. The van der Waals surface area contributed by atoms with Crippen molar-refractivity contribution in [2.45, 2.75) is 80.6 Å². The van der Waals surface area contributed by atoms with Crippen molar-refractivity contribution in [3.05, 3.63) is 83.4 Å². The first kappa shape index (κ1) is 41.8. The van der Waals surface area contributed by atoms with Gasteiger partial charge in [0, 0.05) is 94.1 Å². The fraction of sp³-hybridized carbons (Fsp3) is 0.535. The van der Waals surface area contributed by atoms with Crippen LogP contribution in [0.2, 0.25) is 0 Å². The number of rotatable bonds is 12. The zero-order valence-corrected chi connectivity index (χ0v) is 33.9. The highest BCUT2D eigenvalue weighted by molar-refractivity contribution is 5.95. The number of hydrogen-bond donors (Lipinski definition) is 4. The third-order valence-electron chi connectivity index (χ3n) is 10.3. The third-order valence-corrected chi connectivity index (χ3v) is 10.3. The van der Waals surface area contributed by atoms with E-state index in [1.54, 1.807) is 0 Å². The molecule has 7 rings (SSSR count). The molecule has 2 aromatic carbocycles. The molecule has 4 aromatic rings. The van der Waals surface area contributed by atoms with Gasteiger partial charge in [0.25, 0.3) is 11.8 Å². The van der Waals surface area contributed by atoms with Crippen molar-refractivity contribution < 1.29 is 19.8 Å². The average molecular weight is 755 g/mol. The molecule has 0 radical (unpaired) electrons. The number of imidazole rings is 2. The fourth-order valence-corrected chi connectivity index (χ4v) is 6.63. The van der Waals surface area contributed by atoms with Crippen LogP contribution in [0, 0.1) is 16.7 Å². The van der Waals surface area contributed by atoms with E-state index in [0.717, 1.165) is 79.4 Å². The highest BCUT2D eigenvalue weighted by atomic mass is 16.3. The molecule has 4 heterocycles. The molecule has 0 saturated heterocycles. The van der Waals surface area contributed by atoms with Gasteiger partial charge in [0.2, 0.25) is 0 Å². The Morgan fingerprint density at radius 3 is 1.56 bits per heavy atom. The van der Waals surface area contributed by atoms with Gasteiger partial charge in [-0.2, -0.15) is 0 Å². The largest absolute Gasteiger partial charge is 0.396 e. The summed E-state index contributed by atoms with van der Waals surface area (Å²) in [6.45, 7) is 18.8. The number of nitrogens with one attached hydrogen (secondary N) is 2. The summed E-state index contributed by atoms with van der Waals surface area (Å²) in [5.41, 5.74) is 4.31. The lowest BCUT2D eigenvalue weighted by molar-refractivity contribution is 0.0895. The third kappa shape index (κ3) is 10.7. The fourth-order valence-electron chi connectivity index (χ4n) is 6.63. The molecule has 1 fully saturated rings. The summed E-state index contributed by atoms with van der Waals surface area (Å²) in [6, 6.07) is 20.1. The van der Waals surface area contributed by atoms with Gasteiger partial charge >= 0.3 is 0 Å². The lowest BCUT2D eigenvalue weighted by Crippen LogP contribution is -2.38. The zero-order chi connectivity index (χ0) is 39.8. The Hall–Kier alpha value is -4.36. The minimum atomic E-state index is -0.353. The van der Waals surface area contributed by atoms with Crippen molar-refractivity contribution in [3.63, 3.8) is 0 Å². The Balaban J connectivity index is 0.000000203. The van der Waals surface area contributed by atoms with Crippen molar-refractivity contribution in [2.75, 3.05) is 53.0 Å². The smallest absolute Gasteiger partial charge is 0.271 e. The lowest BCUT2D eigenvalue weighted by atomic mass is 9.95. The van der Waals surface area contributed by atoms with Gasteiger partial charge in [0.05, 0.1) is 11.4 Å². The number of carbonyl (C=O) groups excluding carboxylic acids is 2. The molecule has 0 bridgehead atoms. The number of amides is 2. The Labute approximate surface area is 327 Å². The molecule has 0 unspecified atom stereocenters. The first-order valence-corrected chi connectivity index (χ1v) is 19.9. The summed E-state index contributed by atoms with van der Waals surface area (Å²) in [5.74, 6) is 2.21. The Morgan fingerprint density at radius 2 is 1.13 bits per heavy atom. The number of benzene rings is 2. The maximum Gasteiger partial charge on any atom is 0.271 e. The van der Waals surface area contributed by atoms with Crippen LogP contribution in [-0.2, 0) is 26.2 Å². The van der Waals surface area contributed by atoms with Gasteiger partial charge in [0.1, 0.15) is 11.6 Å². The molecule has 2 aliphatic heterocycles. The molecule has 4 N–H and O–H groups in total. The van der Waals surface area contributed by atoms with E-state index >= 15 is 0 Å². The second-order valence-corrected chi connectivity index (χ2v) is 16.4. The van der Waals surface area contributed by atoms with Crippen LogP contribution in [0.4, 0.5) is 0 Å². The van der Waals surface area contributed by atoms with E-state index < -0.39 is 0 Å². The molecule has 1 saturated carbocycles. The zero-order valence-electron chi connectivity index (χ0n) is 33.9. The molecule has 298 valence electrons. The van der Waals surface area contributed by atoms with Crippen LogP contribution in [-0.4, -0.2) is 104 Å². The quantitative estimate of drug-likeness (QED) is 0.153.